The van der Waals surface area contributed by atoms with Gasteiger partial charge in [0.15, 0.2) is 0 Å². The van der Waals surface area contributed by atoms with Crippen LogP contribution >= 0.6 is 11.3 Å². The fourth-order valence-electron chi connectivity index (χ4n) is 2.31. The molecule has 2 aromatic heterocycles. The molecule has 0 bridgehead atoms. The van der Waals surface area contributed by atoms with Gasteiger partial charge < -0.3 is 5.73 Å². The molecule has 0 aliphatic rings. The average Bonchev–Trinajstić information content (AvgIpc) is 3.09. The monoisotopic (exact) mass is 302 g/mol. The van der Waals surface area contributed by atoms with Gasteiger partial charge >= 0.3 is 0 Å². The summed E-state index contributed by atoms with van der Waals surface area (Å²) in [4.78, 5) is 5.14. The molecule has 0 atom stereocenters. The summed E-state index contributed by atoms with van der Waals surface area (Å²) in [7, 11) is 0. The number of nitrogen functional groups attached to an aromatic ring is 1. The van der Waals surface area contributed by atoms with Gasteiger partial charge in [-0.2, -0.15) is 10.5 Å². The molecular weight excluding hydrogens is 292 g/mol. The minimum atomic E-state index is 0.142. The summed E-state index contributed by atoms with van der Waals surface area (Å²) in [6.07, 6.45) is 0. The minimum Gasteiger partial charge on any atom is -0.383 e. The summed E-state index contributed by atoms with van der Waals surface area (Å²) < 4.78 is 0. The van der Waals surface area contributed by atoms with Crippen LogP contribution in [0.25, 0.3) is 21.7 Å². The maximum atomic E-state index is 9.63. The van der Waals surface area contributed by atoms with E-state index < -0.39 is 0 Å². The van der Waals surface area contributed by atoms with Crippen molar-refractivity contribution >= 4 is 17.2 Å². The normalized spacial score (nSPS) is 9.91. The molecule has 22 heavy (non-hydrogen) atoms. The maximum Gasteiger partial charge on any atom is 0.142 e. The van der Waals surface area contributed by atoms with Crippen molar-refractivity contribution in [2.75, 3.05) is 5.73 Å². The number of pyridine rings is 1. The van der Waals surface area contributed by atoms with Crippen molar-refractivity contribution in [3.63, 3.8) is 0 Å². The molecule has 0 radical (unpaired) electrons. The molecule has 0 saturated carbocycles. The van der Waals surface area contributed by atoms with Crippen LogP contribution in [-0.4, -0.2) is 4.98 Å². The summed E-state index contributed by atoms with van der Waals surface area (Å²) in [6, 6.07) is 17.3. The lowest BCUT2D eigenvalue weighted by atomic mass is 9.94. The lowest BCUT2D eigenvalue weighted by molar-refractivity contribution is 1.30. The Morgan fingerprint density at radius 3 is 2.27 bits per heavy atom. The number of nitrogens with zero attached hydrogens (tertiary/aromatic N) is 3. The Hall–Kier alpha value is -3.15. The number of aromatic nitrogens is 1. The van der Waals surface area contributed by atoms with Gasteiger partial charge in [-0.15, -0.1) is 11.3 Å². The Bertz CT molecular complexity index is 901. The van der Waals surface area contributed by atoms with Crippen molar-refractivity contribution < 1.29 is 0 Å². The molecule has 2 heterocycles. The summed E-state index contributed by atoms with van der Waals surface area (Å²) in [5.41, 5.74) is 8.42. The third-order valence-electron chi connectivity index (χ3n) is 3.27. The Labute approximate surface area is 131 Å². The summed E-state index contributed by atoms with van der Waals surface area (Å²) in [5, 5.41) is 21.0. The van der Waals surface area contributed by atoms with Gasteiger partial charge in [0.25, 0.3) is 0 Å². The van der Waals surface area contributed by atoms with E-state index in [9.17, 15) is 10.5 Å². The lowest BCUT2D eigenvalue weighted by Gasteiger charge is -2.12. The Balaban J connectivity index is 2.42. The van der Waals surface area contributed by atoms with Crippen LogP contribution in [0.2, 0.25) is 0 Å². The average molecular weight is 302 g/mol. The van der Waals surface area contributed by atoms with Crippen LogP contribution in [0.15, 0.2) is 47.8 Å². The molecule has 3 rings (SSSR count). The van der Waals surface area contributed by atoms with E-state index in [4.69, 9.17) is 5.73 Å². The van der Waals surface area contributed by atoms with E-state index in [1.54, 1.807) is 0 Å². The van der Waals surface area contributed by atoms with Gasteiger partial charge in [0.05, 0.1) is 10.4 Å². The zero-order chi connectivity index (χ0) is 15.5. The molecular formula is C17H10N4S. The Morgan fingerprint density at radius 1 is 0.955 bits per heavy atom. The first-order valence-corrected chi connectivity index (χ1v) is 7.37. The molecule has 0 saturated heterocycles. The van der Waals surface area contributed by atoms with E-state index in [2.05, 4.69) is 17.1 Å². The molecule has 104 valence electrons. The number of hydrogen-bond donors (Lipinski definition) is 1. The molecule has 0 unspecified atom stereocenters. The number of nitriles is 2. The second-order valence-corrected chi connectivity index (χ2v) is 5.49. The van der Waals surface area contributed by atoms with Gasteiger partial charge in [0.1, 0.15) is 29.2 Å². The Kier molecular flexibility index (Phi) is 3.57. The summed E-state index contributed by atoms with van der Waals surface area (Å²) in [5.74, 6) is 0.142. The van der Waals surface area contributed by atoms with Crippen molar-refractivity contribution in [2.24, 2.45) is 0 Å². The highest BCUT2D eigenvalue weighted by Gasteiger charge is 2.21. The van der Waals surface area contributed by atoms with Gasteiger partial charge in [0, 0.05) is 5.56 Å². The van der Waals surface area contributed by atoms with E-state index >= 15 is 0 Å². The van der Waals surface area contributed by atoms with E-state index in [0.29, 0.717) is 16.8 Å². The first kappa shape index (κ1) is 13.8. The predicted molar refractivity (Wildman–Crippen MR) is 86.8 cm³/mol. The van der Waals surface area contributed by atoms with Gasteiger partial charge in [-0.05, 0) is 17.0 Å². The van der Waals surface area contributed by atoms with E-state index in [1.165, 1.54) is 11.3 Å². The zero-order valence-corrected chi connectivity index (χ0v) is 12.3. The van der Waals surface area contributed by atoms with Crippen molar-refractivity contribution in [3.8, 4) is 33.8 Å². The molecule has 5 heteroatoms. The van der Waals surface area contributed by atoms with E-state index in [1.807, 2.05) is 47.8 Å². The fourth-order valence-corrected chi connectivity index (χ4v) is 3.03. The maximum absolute atomic E-state index is 9.63. The molecule has 4 nitrogen and oxygen atoms in total. The van der Waals surface area contributed by atoms with Crippen molar-refractivity contribution in [3.05, 3.63) is 59.0 Å². The fraction of sp³-hybridized carbons (Fsp3) is 0. The van der Waals surface area contributed by atoms with Crippen LogP contribution in [-0.2, 0) is 0 Å². The van der Waals surface area contributed by atoms with E-state index in [-0.39, 0.29) is 11.4 Å². The quantitative estimate of drug-likeness (QED) is 0.780. The van der Waals surface area contributed by atoms with E-state index in [0.717, 1.165) is 10.4 Å². The summed E-state index contributed by atoms with van der Waals surface area (Å²) >= 11 is 1.48. The molecule has 1 aromatic carbocycles. The highest BCUT2D eigenvalue weighted by molar-refractivity contribution is 7.13. The SMILES string of the molecule is N#Cc1c(N)nc(-c2cccs2)c(C#N)c1-c1ccccc1. The number of benzene rings is 1. The molecule has 0 aliphatic carbocycles. The number of anilines is 1. The lowest BCUT2D eigenvalue weighted by Crippen LogP contribution is -2.03. The number of rotatable bonds is 2. The molecule has 0 amide bonds. The molecule has 0 aliphatic heterocycles. The largest absolute Gasteiger partial charge is 0.383 e. The van der Waals surface area contributed by atoms with Gasteiger partial charge in [-0.1, -0.05) is 36.4 Å². The summed E-state index contributed by atoms with van der Waals surface area (Å²) in [6.45, 7) is 0. The zero-order valence-electron chi connectivity index (χ0n) is 11.4. The first-order valence-electron chi connectivity index (χ1n) is 6.49. The van der Waals surface area contributed by atoms with Crippen LogP contribution < -0.4 is 5.73 Å². The van der Waals surface area contributed by atoms with Gasteiger partial charge in [-0.3, -0.25) is 0 Å². The van der Waals surface area contributed by atoms with Crippen LogP contribution in [0.5, 0.6) is 0 Å². The second kappa shape index (κ2) is 5.69. The highest BCUT2D eigenvalue weighted by atomic mass is 32.1. The Morgan fingerprint density at radius 2 is 1.68 bits per heavy atom. The van der Waals surface area contributed by atoms with Gasteiger partial charge in [0.2, 0.25) is 0 Å². The number of thiophene rings is 1. The molecule has 0 fully saturated rings. The third-order valence-corrected chi connectivity index (χ3v) is 4.14. The molecule has 3 aromatic rings. The minimum absolute atomic E-state index is 0.142. The van der Waals surface area contributed by atoms with Gasteiger partial charge in [-0.25, -0.2) is 4.98 Å². The van der Waals surface area contributed by atoms with Crippen molar-refractivity contribution in [1.29, 1.82) is 10.5 Å². The first-order chi connectivity index (χ1) is 10.8. The van der Waals surface area contributed by atoms with Crippen molar-refractivity contribution in [1.82, 2.24) is 4.98 Å². The van der Waals surface area contributed by atoms with Crippen LogP contribution in [0.1, 0.15) is 11.1 Å². The van der Waals surface area contributed by atoms with Crippen LogP contribution in [0.3, 0.4) is 0 Å². The number of nitrogens with two attached hydrogens (primary N) is 1. The highest BCUT2D eigenvalue weighted by Crippen LogP contribution is 2.37. The standard InChI is InChI=1S/C17H10N4S/c18-9-12-15(11-5-2-1-3-6-11)13(10-19)17(20)21-16(12)14-7-4-8-22-14/h1-8H,(H2,20,21). The van der Waals surface area contributed by atoms with Crippen molar-refractivity contribution in [2.45, 2.75) is 0 Å². The number of hydrogen-bond acceptors (Lipinski definition) is 5. The predicted octanol–water partition coefficient (Wildman–Crippen LogP) is 3.80. The molecule has 2 N–H and O–H groups in total. The second-order valence-electron chi connectivity index (χ2n) is 4.54. The van der Waals surface area contributed by atoms with Crippen LogP contribution in [0, 0.1) is 22.7 Å². The molecule has 0 spiro atoms. The van der Waals surface area contributed by atoms with Crippen LogP contribution in [0.4, 0.5) is 5.82 Å². The topological polar surface area (TPSA) is 86.5 Å². The third kappa shape index (κ3) is 2.20. The smallest absolute Gasteiger partial charge is 0.142 e.